The Kier molecular flexibility index (Phi) is 6.17. The van der Waals surface area contributed by atoms with Crippen LogP contribution in [0.4, 0.5) is 10.1 Å². The summed E-state index contributed by atoms with van der Waals surface area (Å²) in [5.74, 6) is -0.745. The van der Waals surface area contributed by atoms with Crippen LogP contribution in [0.3, 0.4) is 0 Å². The minimum atomic E-state index is -0.379. The maximum absolute atomic E-state index is 15.6. The number of aromatic nitrogens is 6. The van der Waals surface area contributed by atoms with Crippen LogP contribution in [0.15, 0.2) is 36.9 Å². The van der Waals surface area contributed by atoms with Gasteiger partial charge in [-0.05, 0) is 51.0 Å². The highest BCUT2D eigenvalue weighted by Crippen LogP contribution is 2.31. The molecule has 1 aliphatic rings. The zero-order valence-corrected chi connectivity index (χ0v) is 20.8. The first-order valence-electron chi connectivity index (χ1n) is 11.9. The van der Waals surface area contributed by atoms with Crippen LogP contribution in [0.2, 0.25) is 0 Å². The van der Waals surface area contributed by atoms with Gasteiger partial charge in [-0.1, -0.05) is 11.3 Å². The van der Waals surface area contributed by atoms with Crippen molar-refractivity contribution in [2.75, 3.05) is 31.2 Å². The summed E-state index contributed by atoms with van der Waals surface area (Å²) in [7, 11) is 0. The Bertz CT molecular complexity index is 1420. The summed E-state index contributed by atoms with van der Waals surface area (Å²) in [5.41, 5.74) is 3.67. The van der Waals surface area contributed by atoms with Crippen molar-refractivity contribution < 1.29 is 13.9 Å². The van der Waals surface area contributed by atoms with Crippen LogP contribution in [0.5, 0.6) is 0 Å². The van der Waals surface area contributed by atoms with Crippen molar-refractivity contribution in [2.45, 2.75) is 39.8 Å². The number of nitrogens with one attached hydrogen (secondary N) is 1. The Hall–Kier alpha value is -3.86. The average Bonchev–Trinajstić information content (AvgIpc) is 3.53. The summed E-state index contributed by atoms with van der Waals surface area (Å²) in [5, 5.41) is 15.1. The molecule has 0 spiro atoms. The van der Waals surface area contributed by atoms with Crippen molar-refractivity contribution in [2.24, 2.45) is 0 Å². The Balaban J connectivity index is 1.37. The second-order valence-electron chi connectivity index (χ2n) is 9.85. The summed E-state index contributed by atoms with van der Waals surface area (Å²) in [6.07, 6.45) is 4.96. The van der Waals surface area contributed by atoms with Gasteiger partial charge in [0.05, 0.1) is 42.4 Å². The van der Waals surface area contributed by atoms with Crippen LogP contribution < -0.4 is 10.2 Å². The SMILES string of the molecule is Cc1c(CNC(=O)c2cn(C(C)(C)C)nn2)ccc(-c2ncnn3cc(N4CCOCC4)cc23)c1F. The molecule has 0 saturated carbocycles. The van der Waals surface area contributed by atoms with Gasteiger partial charge in [0, 0.05) is 25.2 Å². The largest absolute Gasteiger partial charge is 0.378 e. The van der Waals surface area contributed by atoms with Gasteiger partial charge in [-0.15, -0.1) is 5.10 Å². The number of amides is 1. The number of anilines is 1. The molecule has 11 heteroatoms. The van der Waals surface area contributed by atoms with Gasteiger partial charge in [0.2, 0.25) is 0 Å². The Morgan fingerprint density at radius 2 is 1.97 bits per heavy atom. The molecule has 0 bridgehead atoms. The lowest BCUT2D eigenvalue weighted by Gasteiger charge is -2.27. The smallest absolute Gasteiger partial charge is 0.273 e. The van der Waals surface area contributed by atoms with Crippen molar-refractivity contribution in [1.82, 2.24) is 34.9 Å². The molecule has 5 rings (SSSR count). The molecule has 3 aromatic heterocycles. The number of hydrogen-bond donors (Lipinski definition) is 1. The molecule has 0 aliphatic carbocycles. The Labute approximate surface area is 208 Å². The molecule has 1 amide bonds. The molecular formula is C25H29FN8O2. The molecule has 1 N–H and O–H groups in total. The number of benzene rings is 1. The standard InChI is InChI=1S/C25H29FN8O2/c1-16-17(12-27-24(35)20-14-34(31-30-20)25(2,3)4)5-6-19(22(16)26)23-21-11-18(13-33(21)29-15-28-23)32-7-9-36-10-8-32/h5-6,11,13-15H,7-10,12H2,1-4H3,(H,27,35). The van der Waals surface area contributed by atoms with Gasteiger partial charge in [-0.2, -0.15) is 5.10 Å². The van der Waals surface area contributed by atoms with E-state index in [2.05, 4.69) is 30.6 Å². The minimum Gasteiger partial charge on any atom is -0.378 e. The van der Waals surface area contributed by atoms with Crippen molar-refractivity contribution in [3.63, 3.8) is 0 Å². The third-order valence-electron chi connectivity index (χ3n) is 6.37. The molecule has 0 radical (unpaired) electrons. The number of halogens is 1. The maximum Gasteiger partial charge on any atom is 0.273 e. The fourth-order valence-electron chi connectivity index (χ4n) is 4.18. The molecule has 1 aliphatic heterocycles. The zero-order valence-electron chi connectivity index (χ0n) is 20.8. The summed E-state index contributed by atoms with van der Waals surface area (Å²) in [4.78, 5) is 19.2. The van der Waals surface area contributed by atoms with Crippen LogP contribution in [-0.4, -0.2) is 61.8 Å². The molecule has 1 aromatic carbocycles. The van der Waals surface area contributed by atoms with E-state index >= 15 is 4.39 Å². The predicted octanol–water partition coefficient (Wildman–Crippen LogP) is 2.96. The first-order chi connectivity index (χ1) is 17.2. The third-order valence-corrected chi connectivity index (χ3v) is 6.37. The van der Waals surface area contributed by atoms with Crippen LogP contribution in [0.25, 0.3) is 16.8 Å². The minimum absolute atomic E-state index is 0.162. The summed E-state index contributed by atoms with van der Waals surface area (Å²) in [6, 6.07) is 5.49. The van der Waals surface area contributed by atoms with Gasteiger partial charge in [-0.25, -0.2) is 18.6 Å². The zero-order chi connectivity index (χ0) is 25.4. The van der Waals surface area contributed by atoms with Gasteiger partial charge in [-0.3, -0.25) is 4.79 Å². The van der Waals surface area contributed by atoms with Gasteiger partial charge in [0.1, 0.15) is 17.8 Å². The number of rotatable bonds is 5. The topological polar surface area (TPSA) is 102 Å². The summed E-state index contributed by atoms with van der Waals surface area (Å²) < 4.78 is 24.4. The molecule has 0 unspecified atom stereocenters. The normalized spacial score (nSPS) is 14.4. The van der Waals surface area contributed by atoms with E-state index in [1.165, 1.54) is 6.33 Å². The van der Waals surface area contributed by atoms with E-state index < -0.39 is 0 Å². The highest BCUT2D eigenvalue weighted by molar-refractivity contribution is 5.91. The molecular weight excluding hydrogens is 463 g/mol. The molecule has 0 atom stereocenters. The van der Waals surface area contributed by atoms with Crippen LogP contribution in [-0.2, 0) is 16.8 Å². The number of carbonyl (C=O) groups excluding carboxylic acids is 1. The molecule has 1 fully saturated rings. The lowest BCUT2D eigenvalue weighted by Crippen LogP contribution is -2.35. The van der Waals surface area contributed by atoms with E-state index in [1.54, 1.807) is 28.4 Å². The Morgan fingerprint density at radius 1 is 1.19 bits per heavy atom. The van der Waals surface area contributed by atoms with Crippen molar-refractivity contribution in [1.29, 1.82) is 0 Å². The quantitative estimate of drug-likeness (QED) is 0.457. The lowest BCUT2D eigenvalue weighted by atomic mass is 10.0. The van der Waals surface area contributed by atoms with E-state index in [4.69, 9.17) is 4.74 Å². The molecule has 4 aromatic rings. The monoisotopic (exact) mass is 492 g/mol. The molecule has 188 valence electrons. The van der Waals surface area contributed by atoms with Crippen LogP contribution >= 0.6 is 0 Å². The molecule has 1 saturated heterocycles. The van der Waals surface area contributed by atoms with Gasteiger partial charge >= 0.3 is 0 Å². The molecule has 4 heterocycles. The number of carbonyl (C=O) groups is 1. The lowest BCUT2D eigenvalue weighted by molar-refractivity contribution is 0.0945. The van der Waals surface area contributed by atoms with E-state index in [0.717, 1.165) is 24.3 Å². The van der Waals surface area contributed by atoms with Crippen LogP contribution in [0.1, 0.15) is 42.4 Å². The molecule has 10 nitrogen and oxygen atoms in total. The number of morpholine rings is 1. The predicted molar refractivity (Wildman–Crippen MR) is 132 cm³/mol. The second kappa shape index (κ2) is 9.30. The Morgan fingerprint density at radius 3 is 2.69 bits per heavy atom. The molecule has 36 heavy (non-hydrogen) atoms. The van der Waals surface area contributed by atoms with Crippen molar-refractivity contribution in [3.05, 3.63) is 59.6 Å². The summed E-state index contributed by atoms with van der Waals surface area (Å²) in [6.45, 7) is 10.7. The number of hydrogen-bond acceptors (Lipinski definition) is 7. The number of ether oxygens (including phenoxy) is 1. The van der Waals surface area contributed by atoms with E-state index in [-0.39, 0.29) is 29.5 Å². The fourth-order valence-corrected chi connectivity index (χ4v) is 4.18. The van der Waals surface area contributed by atoms with Crippen molar-refractivity contribution in [3.8, 4) is 11.3 Å². The third kappa shape index (κ3) is 4.53. The van der Waals surface area contributed by atoms with Crippen molar-refractivity contribution >= 4 is 17.1 Å². The van der Waals surface area contributed by atoms with Gasteiger partial charge in [0.15, 0.2) is 5.69 Å². The summed E-state index contributed by atoms with van der Waals surface area (Å²) >= 11 is 0. The highest BCUT2D eigenvalue weighted by Gasteiger charge is 2.21. The number of nitrogens with zero attached hydrogens (tertiary/aromatic N) is 7. The fraction of sp³-hybridized carbons (Fsp3) is 0.400. The van der Waals surface area contributed by atoms with E-state index in [9.17, 15) is 4.79 Å². The number of fused-ring (bicyclic) bond motifs is 1. The highest BCUT2D eigenvalue weighted by atomic mass is 19.1. The van der Waals surface area contributed by atoms with Gasteiger partial charge in [0.25, 0.3) is 5.91 Å². The van der Waals surface area contributed by atoms with E-state index in [0.29, 0.717) is 35.6 Å². The maximum atomic E-state index is 15.6. The van der Waals surface area contributed by atoms with Gasteiger partial charge < -0.3 is 15.0 Å². The van der Waals surface area contributed by atoms with E-state index in [1.807, 2.05) is 39.1 Å². The van der Waals surface area contributed by atoms with Crippen LogP contribution in [0, 0.1) is 12.7 Å². The first-order valence-corrected chi connectivity index (χ1v) is 11.9. The second-order valence-corrected chi connectivity index (χ2v) is 9.85. The first kappa shape index (κ1) is 23.9. The average molecular weight is 493 g/mol.